The van der Waals surface area contributed by atoms with E-state index in [2.05, 4.69) is 5.32 Å². The quantitative estimate of drug-likeness (QED) is 0.214. The molecule has 1 aliphatic heterocycles. The highest BCUT2D eigenvalue weighted by Gasteiger charge is 2.32. The van der Waals surface area contributed by atoms with Crippen LogP contribution >= 0.6 is 0 Å². The first-order valence-electron chi connectivity index (χ1n) is 10.2. The highest BCUT2D eigenvalue weighted by atomic mass is 16.6. The maximum atomic E-state index is 13.3. The molecule has 0 spiro atoms. The van der Waals surface area contributed by atoms with Gasteiger partial charge in [-0.3, -0.25) is 10.1 Å². The van der Waals surface area contributed by atoms with Crippen LogP contribution in [-0.4, -0.2) is 4.92 Å². The van der Waals surface area contributed by atoms with E-state index in [9.17, 15) is 14.9 Å². The van der Waals surface area contributed by atoms with Gasteiger partial charge >= 0.3 is 5.63 Å². The smallest absolute Gasteiger partial charge is 0.342 e. The van der Waals surface area contributed by atoms with Crippen molar-refractivity contribution in [2.24, 2.45) is 0 Å². The Kier molecular flexibility index (Phi) is 3.89. The van der Waals surface area contributed by atoms with Crippen LogP contribution in [0.15, 0.2) is 94.1 Å². The minimum atomic E-state index is -0.584. The molecule has 4 aromatic carbocycles. The number of nitro groups is 1. The lowest BCUT2D eigenvalue weighted by Gasteiger charge is -2.30. The number of para-hydroxylation sites is 1. The second kappa shape index (κ2) is 6.78. The average molecular weight is 420 g/mol. The monoisotopic (exact) mass is 420 g/mol. The molecule has 0 amide bonds. The third-order valence-corrected chi connectivity index (χ3v) is 6.03. The predicted octanol–water partition coefficient (Wildman–Crippen LogP) is 6.04. The summed E-state index contributed by atoms with van der Waals surface area (Å²) in [6, 6.07) is 25.3. The van der Waals surface area contributed by atoms with E-state index in [0.717, 1.165) is 33.0 Å². The van der Waals surface area contributed by atoms with Gasteiger partial charge in [-0.15, -0.1) is 0 Å². The van der Waals surface area contributed by atoms with Crippen molar-refractivity contribution in [3.63, 3.8) is 0 Å². The molecule has 1 atom stereocenters. The number of nitrogens with zero attached hydrogens (tertiary/aromatic N) is 1. The van der Waals surface area contributed by atoms with Crippen molar-refractivity contribution in [1.29, 1.82) is 0 Å². The van der Waals surface area contributed by atoms with Gasteiger partial charge in [0.2, 0.25) is 0 Å². The van der Waals surface area contributed by atoms with E-state index in [-0.39, 0.29) is 5.69 Å². The Morgan fingerprint density at radius 2 is 1.62 bits per heavy atom. The molecule has 2 heterocycles. The molecular weight excluding hydrogens is 404 g/mol. The SMILES string of the molecule is O=c1oc2ccccc2c2c1[C@H](c1cccc([N+](=O)[O-])c1)Nc1ccc3ccccc3c1-2. The van der Waals surface area contributed by atoms with E-state index >= 15 is 0 Å². The fraction of sp³-hybridized carbons (Fsp3) is 0.0385. The predicted molar refractivity (Wildman–Crippen MR) is 124 cm³/mol. The van der Waals surface area contributed by atoms with Crippen LogP contribution in [0.5, 0.6) is 0 Å². The summed E-state index contributed by atoms with van der Waals surface area (Å²) < 4.78 is 5.69. The highest BCUT2D eigenvalue weighted by Crippen LogP contribution is 2.48. The van der Waals surface area contributed by atoms with E-state index in [0.29, 0.717) is 16.7 Å². The van der Waals surface area contributed by atoms with Gasteiger partial charge in [0.1, 0.15) is 5.58 Å². The Labute approximate surface area is 181 Å². The third kappa shape index (κ3) is 2.63. The minimum absolute atomic E-state index is 0.0275. The van der Waals surface area contributed by atoms with E-state index in [1.165, 1.54) is 12.1 Å². The van der Waals surface area contributed by atoms with Crippen LogP contribution in [0.4, 0.5) is 11.4 Å². The molecule has 6 heteroatoms. The second-order valence-electron chi connectivity index (χ2n) is 7.81. The summed E-state index contributed by atoms with van der Waals surface area (Å²) in [6.07, 6.45) is 0. The number of rotatable bonds is 2. The molecule has 6 rings (SSSR count). The normalized spacial score (nSPS) is 14.6. The Hall–Kier alpha value is -4.45. The van der Waals surface area contributed by atoms with Crippen LogP contribution < -0.4 is 10.9 Å². The van der Waals surface area contributed by atoms with Gasteiger partial charge in [-0.2, -0.15) is 0 Å². The molecule has 32 heavy (non-hydrogen) atoms. The summed E-state index contributed by atoms with van der Waals surface area (Å²) in [7, 11) is 0. The number of nitrogens with one attached hydrogen (secondary N) is 1. The van der Waals surface area contributed by atoms with Crippen molar-refractivity contribution < 1.29 is 9.34 Å². The molecule has 0 unspecified atom stereocenters. The lowest BCUT2D eigenvalue weighted by Crippen LogP contribution is -2.25. The van der Waals surface area contributed by atoms with Crippen LogP contribution in [-0.2, 0) is 0 Å². The molecule has 154 valence electrons. The van der Waals surface area contributed by atoms with Crippen molar-refractivity contribution in [3.8, 4) is 11.1 Å². The van der Waals surface area contributed by atoms with E-state index in [4.69, 9.17) is 4.42 Å². The van der Waals surface area contributed by atoms with Crippen molar-refractivity contribution in [3.05, 3.63) is 117 Å². The fourth-order valence-corrected chi connectivity index (χ4v) is 4.65. The molecule has 0 fully saturated rings. The Morgan fingerprint density at radius 3 is 2.47 bits per heavy atom. The Morgan fingerprint density at radius 1 is 0.844 bits per heavy atom. The van der Waals surface area contributed by atoms with Crippen molar-refractivity contribution in [2.75, 3.05) is 5.32 Å². The standard InChI is InChI=1S/C26H16N2O4/c29-26-24-23(19-10-3-4-11-21(19)32-26)22-18-9-2-1-6-15(18)12-13-20(22)27-25(24)16-7-5-8-17(14-16)28(30)31/h1-14,25,27H/t25-/m0/s1. The molecule has 0 radical (unpaired) electrons. The number of nitro benzene ring substituents is 1. The van der Waals surface area contributed by atoms with Gasteiger partial charge in [-0.05, 0) is 28.5 Å². The topological polar surface area (TPSA) is 85.4 Å². The molecule has 0 saturated heterocycles. The number of anilines is 1. The van der Waals surface area contributed by atoms with Crippen LogP contribution in [0.2, 0.25) is 0 Å². The minimum Gasteiger partial charge on any atom is -0.422 e. The average Bonchev–Trinajstić information content (AvgIpc) is 2.83. The first-order valence-corrected chi connectivity index (χ1v) is 10.2. The lowest BCUT2D eigenvalue weighted by molar-refractivity contribution is -0.384. The Balaban J connectivity index is 1.74. The van der Waals surface area contributed by atoms with Crippen molar-refractivity contribution >= 4 is 33.1 Å². The van der Waals surface area contributed by atoms with Gasteiger partial charge in [0.15, 0.2) is 0 Å². The maximum Gasteiger partial charge on any atom is 0.342 e. The number of hydrogen-bond acceptors (Lipinski definition) is 5. The molecular formula is C26H16N2O4. The molecule has 6 nitrogen and oxygen atoms in total. The second-order valence-corrected chi connectivity index (χ2v) is 7.81. The first-order chi connectivity index (χ1) is 15.6. The number of fused-ring (bicyclic) bond motifs is 7. The Bertz CT molecular complexity index is 1620. The number of hydrogen-bond donors (Lipinski definition) is 1. The van der Waals surface area contributed by atoms with Crippen molar-refractivity contribution in [1.82, 2.24) is 0 Å². The summed E-state index contributed by atoms with van der Waals surface area (Å²) in [5.74, 6) is 0. The van der Waals surface area contributed by atoms with Gasteiger partial charge in [0.05, 0.1) is 16.5 Å². The summed E-state index contributed by atoms with van der Waals surface area (Å²) in [5, 5.41) is 17.7. The van der Waals surface area contributed by atoms with E-state index in [1.807, 2.05) is 54.6 Å². The van der Waals surface area contributed by atoms with Gasteiger partial charge in [-0.1, -0.05) is 60.7 Å². The van der Waals surface area contributed by atoms with Crippen LogP contribution in [0, 0.1) is 10.1 Å². The first kappa shape index (κ1) is 18.3. The zero-order chi connectivity index (χ0) is 21.8. The van der Waals surface area contributed by atoms with Gasteiger partial charge in [-0.25, -0.2) is 4.79 Å². The fourth-order valence-electron chi connectivity index (χ4n) is 4.65. The third-order valence-electron chi connectivity index (χ3n) is 6.03. The van der Waals surface area contributed by atoms with Crippen LogP contribution in [0.1, 0.15) is 17.2 Å². The molecule has 0 saturated carbocycles. The van der Waals surface area contributed by atoms with E-state index in [1.54, 1.807) is 18.2 Å². The molecule has 0 bridgehead atoms. The largest absolute Gasteiger partial charge is 0.422 e. The molecule has 1 aliphatic rings. The zero-order valence-electron chi connectivity index (χ0n) is 16.7. The highest BCUT2D eigenvalue weighted by molar-refractivity contribution is 6.11. The molecule has 1 aromatic heterocycles. The molecule has 5 aromatic rings. The zero-order valence-corrected chi connectivity index (χ0v) is 16.7. The molecule has 1 N–H and O–H groups in total. The number of benzene rings is 4. The summed E-state index contributed by atoms with van der Waals surface area (Å²) in [5.41, 5.74) is 3.71. The van der Waals surface area contributed by atoms with Crippen LogP contribution in [0.25, 0.3) is 32.9 Å². The maximum absolute atomic E-state index is 13.3. The van der Waals surface area contributed by atoms with Crippen LogP contribution in [0.3, 0.4) is 0 Å². The van der Waals surface area contributed by atoms with Gasteiger partial charge < -0.3 is 9.73 Å². The van der Waals surface area contributed by atoms with Gasteiger partial charge in [0, 0.05) is 34.3 Å². The summed E-state index contributed by atoms with van der Waals surface area (Å²) >= 11 is 0. The number of non-ortho nitro benzene ring substituents is 1. The van der Waals surface area contributed by atoms with Gasteiger partial charge in [0.25, 0.3) is 5.69 Å². The summed E-state index contributed by atoms with van der Waals surface area (Å²) in [4.78, 5) is 24.2. The van der Waals surface area contributed by atoms with E-state index < -0.39 is 16.6 Å². The summed E-state index contributed by atoms with van der Waals surface area (Å²) in [6.45, 7) is 0. The van der Waals surface area contributed by atoms with Crippen molar-refractivity contribution in [2.45, 2.75) is 6.04 Å². The lowest BCUT2D eigenvalue weighted by atomic mass is 9.83. The molecule has 0 aliphatic carbocycles.